The summed E-state index contributed by atoms with van der Waals surface area (Å²) in [6.45, 7) is 7.52. The number of amides is 1. The maximum Gasteiger partial charge on any atom is 0.252 e. The SMILES string of the molecule is CO[C@H]1[C@H](NC(=O)c2ccsc2)c2ccccc2C12CCN(CC=CC(C)C)CC2. The molecule has 30 heavy (non-hydrogen) atoms. The fourth-order valence-electron chi connectivity index (χ4n) is 5.16. The number of nitrogens with one attached hydrogen (secondary N) is 1. The Labute approximate surface area is 183 Å². The van der Waals surface area contributed by atoms with Gasteiger partial charge in [-0.2, -0.15) is 11.3 Å². The van der Waals surface area contributed by atoms with E-state index in [0.29, 0.717) is 5.92 Å². The number of carbonyl (C=O) groups is 1. The molecule has 0 saturated carbocycles. The molecule has 0 bridgehead atoms. The number of carbonyl (C=O) groups excluding carboxylic acids is 1. The second-order valence-electron chi connectivity index (χ2n) is 8.84. The zero-order valence-corrected chi connectivity index (χ0v) is 19.0. The van der Waals surface area contributed by atoms with Crippen molar-refractivity contribution in [3.8, 4) is 0 Å². The number of hydrogen-bond acceptors (Lipinski definition) is 4. The number of ether oxygens (including phenoxy) is 1. The van der Waals surface area contributed by atoms with Crippen molar-refractivity contribution in [1.29, 1.82) is 0 Å². The minimum absolute atomic E-state index is 0.0218. The third kappa shape index (κ3) is 3.98. The summed E-state index contributed by atoms with van der Waals surface area (Å²) in [5, 5.41) is 7.13. The summed E-state index contributed by atoms with van der Waals surface area (Å²) in [4.78, 5) is 15.4. The van der Waals surface area contributed by atoms with Gasteiger partial charge < -0.3 is 10.1 Å². The van der Waals surface area contributed by atoms with Crippen LogP contribution in [0.3, 0.4) is 0 Å². The highest BCUT2D eigenvalue weighted by atomic mass is 32.1. The molecule has 2 aromatic rings. The van der Waals surface area contributed by atoms with Gasteiger partial charge in [0.2, 0.25) is 0 Å². The number of likely N-dealkylation sites (tertiary alicyclic amines) is 1. The van der Waals surface area contributed by atoms with Crippen LogP contribution in [0.2, 0.25) is 0 Å². The number of thiophene rings is 1. The lowest BCUT2D eigenvalue weighted by molar-refractivity contribution is -0.00976. The number of hydrogen-bond donors (Lipinski definition) is 1. The summed E-state index contributed by atoms with van der Waals surface area (Å²) in [7, 11) is 1.79. The fourth-order valence-corrected chi connectivity index (χ4v) is 5.80. The summed E-state index contributed by atoms with van der Waals surface area (Å²) in [5.74, 6) is 0.569. The molecule has 1 aliphatic heterocycles. The molecule has 1 N–H and O–H groups in total. The molecule has 1 aromatic carbocycles. The van der Waals surface area contributed by atoms with Crippen LogP contribution in [-0.2, 0) is 10.2 Å². The van der Waals surface area contributed by atoms with Crippen LogP contribution in [0.1, 0.15) is 54.2 Å². The van der Waals surface area contributed by atoms with Gasteiger partial charge >= 0.3 is 0 Å². The summed E-state index contributed by atoms with van der Waals surface area (Å²) < 4.78 is 6.12. The van der Waals surface area contributed by atoms with Gasteiger partial charge in [-0.25, -0.2) is 0 Å². The van der Waals surface area contributed by atoms with Crippen molar-refractivity contribution >= 4 is 17.2 Å². The normalized spacial score (nSPS) is 23.3. The minimum atomic E-state index is -0.119. The maximum atomic E-state index is 12.9. The number of allylic oxidation sites excluding steroid dienone is 1. The lowest BCUT2D eigenvalue weighted by Crippen LogP contribution is -2.50. The van der Waals surface area contributed by atoms with Gasteiger partial charge in [0.15, 0.2) is 0 Å². The Bertz CT molecular complexity index is 882. The first-order chi connectivity index (χ1) is 14.5. The molecule has 2 heterocycles. The van der Waals surface area contributed by atoms with E-state index in [1.165, 1.54) is 11.1 Å². The molecule has 1 saturated heterocycles. The zero-order valence-electron chi connectivity index (χ0n) is 18.1. The Balaban J connectivity index is 1.56. The third-order valence-corrected chi connectivity index (χ3v) is 7.32. The van der Waals surface area contributed by atoms with Crippen molar-refractivity contribution in [2.75, 3.05) is 26.7 Å². The standard InChI is InChI=1S/C25H32N2O2S/c1-18(2)7-6-13-27-14-11-25(12-15-27)21-9-5-4-8-20(21)22(23(25)29-3)26-24(28)19-10-16-30-17-19/h4-10,16-18,22-23H,11-15H2,1-3H3,(H,26,28)/t22-,23+/m1/s1. The van der Waals surface area contributed by atoms with Crippen molar-refractivity contribution in [2.45, 2.75) is 44.2 Å². The Morgan fingerprint density at radius 3 is 2.73 bits per heavy atom. The predicted octanol–water partition coefficient (Wildman–Crippen LogP) is 4.79. The maximum absolute atomic E-state index is 12.9. The average Bonchev–Trinajstić information content (AvgIpc) is 3.36. The van der Waals surface area contributed by atoms with Gasteiger partial charge in [0.1, 0.15) is 0 Å². The summed E-state index contributed by atoms with van der Waals surface area (Å²) in [6, 6.07) is 10.3. The molecule has 4 nitrogen and oxygen atoms in total. The molecule has 1 aromatic heterocycles. The van der Waals surface area contributed by atoms with E-state index < -0.39 is 0 Å². The molecule has 0 radical (unpaired) electrons. The van der Waals surface area contributed by atoms with Gasteiger partial charge in [-0.1, -0.05) is 50.3 Å². The van der Waals surface area contributed by atoms with Gasteiger partial charge in [-0.15, -0.1) is 0 Å². The van der Waals surface area contributed by atoms with Crippen molar-refractivity contribution in [3.63, 3.8) is 0 Å². The van der Waals surface area contributed by atoms with Gasteiger partial charge in [-0.3, -0.25) is 9.69 Å². The number of methoxy groups -OCH3 is 1. The highest BCUT2D eigenvalue weighted by Gasteiger charge is 2.53. The monoisotopic (exact) mass is 424 g/mol. The second-order valence-corrected chi connectivity index (χ2v) is 9.62. The van der Waals surface area contributed by atoms with E-state index in [4.69, 9.17) is 4.74 Å². The zero-order chi connectivity index (χ0) is 21.1. The number of piperidine rings is 1. The summed E-state index contributed by atoms with van der Waals surface area (Å²) in [6.07, 6.45) is 6.61. The first-order valence-electron chi connectivity index (χ1n) is 10.9. The van der Waals surface area contributed by atoms with E-state index in [9.17, 15) is 4.79 Å². The molecule has 1 aliphatic carbocycles. The molecule has 4 rings (SSSR count). The molecule has 0 unspecified atom stereocenters. The largest absolute Gasteiger partial charge is 0.378 e. The molecule has 1 spiro atoms. The highest BCUT2D eigenvalue weighted by molar-refractivity contribution is 7.08. The fraction of sp³-hybridized carbons (Fsp3) is 0.480. The van der Waals surface area contributed by atoms with Crippen molar-refractivity contribution in [3.05, 3.63) is 69.9 Å². The number of rotatable bonds is 6. The van der Waals surface area contributed by atoms with Crippen LogP contribution in [0.5, 0.6) is 0 Å². The van der Waals surface area contributed by atoms with E-state index in [-0.39, 0.29) is 23.5 Å². The van der Waals surface area contributed by atoms with Gasteiger partial charge in [0, 0.05) is 24.4 Å². The van der Waals surface area contributed by atoms with Gasteiger partial charge in [0.25, 0.3) is 5.91 Å². The minimum Gasteiger partial charge on any atom is -0.378 e. The van der Waals surface area contributed by atoms with E-state index in [0.717, 1.165) is 38.0 Å². The van der Waals surface area contributed by atoms with E-state index in [1.807, 2.05) is 16.8 Å². The first kappa shape index (κ1) is 21.3. The number of benzene rings is 1. The smallest absolute Gasteiger partial charge is 0.252 e. The van der Waals surface area contributed by atoms with Crippen LogP contribution in [0.15, 0.2) is 53.2 Å². The Morgan fingerprint density at radius 1 is 1.30 bits per heavy atom. The Hall–Kier alpha value is -1.95. The second kappa shape index (κ2) is 9.04. The molecular weight excluding hydrogens is 392 g/mol. The molecule has 1 amide bonds. The first-order valence-corrected chi connectivity index (χ1v) is 11.8. The molecular formula is C25H32N2O2S. The van der Waals surface area contributed by atoms with Crippen molar-refractivity contribution in [2.24, 2.45) is 5.92 Å². The van der Waals surface area contributed by atoms with Crippen LogP contribution >= 0.6 is 11.3 Å². The predicted molar refractivity (Wildman–Crippen MR) is 123 cm³/mol. The van der Waals surface area contributed by atoms with Crippen LogP contribution in [0.4, 0.5) is 0 Å². The highest BCUT2D eigenvalue weighted by Crippen LogP contribution is 2.52. The van der Waals surface area contributed by atoms with E-state index in [2.05, 4.69) is 60.5 Å². The van der Waals surface area contributed by atoms with Crippen LogP contribution in [0, 0.1) is 5.92 Å². The van der Waals surface area contributed by atoms with Crippen molar-refractivity contribution in [1.82, 2.24) is 10.2 Å². The summed E-state index contributed by atoms with van der Waals surface area (Å²) >= 11 is 1.54. The Kier molecular flexibility index (Phi) is 6.42. The van der Waals surface area contributed by atoms with Crippen molar-refractivity contribution < 1.29 is 9.53 Å². The average molecular weight is 425 g/mol. The summed E-state index contributed by atoms with van der Waals surface area (Å²) in [5.41, 5.74) is 3.24. The molecule has 160 valence electrons. The number of fused-ring (bicyclic) bond motifs is 2. The molecule has 2 aliphatic rings. The number of nitrogens with zero attached hydrogens (tertiary/aromatic N) is 1. The molecule has 1 fully saturated rings. The van der Waals surface area contributed by atoms with Crippen LogP contribution < -0.4 is 5.32 Å². The lowest BCUT2D eigenvalue weighted by Gasteiger charge is -2.44. The Morgan fingerprint density at radius 2 is 2.07 bits per heavy atom. The van der Waals surface area contributed by atoms with Gasteiger partial charge in [0.05, 0.1) is 17.7 Å². The van der Waals surface area contributed by atoms with Gasteiger partial charge in [-0.05, 0) is 54.4 Å². The lowest BCUT2D eigenvalue weighted by atomic mass is 9.72. The molecule has 2 atom stereocenters. The van der Waals surface area contributed by atoms with E-state index in [1.54, 1.807) is 18.4 Å². The third-order valence-electron chi connectivity index (χ3n) is 6.64. The van der Waals surface area contributed by atoms with E-state index >= 15 is 0 Å². The topological polar surface area (TPSA) is 41.6 Å². The molecule has 5 heteroatoms. The quantitative estimate of drug-likeness (QED) is 0.678. The van der Waals surface area contributed by atoms with Crippen LogP contribution in [-0.4, -0.2) is 43.7 Å². The van der Waals surface area contributed by atoms with Crippen LogP contribution in [0.25, 0.3) is 0 Å².